The lowest BCUT2D eigenvalue weighted by molar-refractivity contribution is -0.136. The molecule has 1 aromatic rings. The first-order chi connectivity index (χ1) is 11.2. The number of aromatic nitrogens is 2. The van der Waals surface area contributed by atoms with Gasteiger partial charge in [-0.05, 0) is 25.7 Å². The number of aryl methyl sites for hydroxylation is 1. The number of carbonyl (C=O) groups excluding carboxylic acids is 1. The second-order valence-corrected chi connectivity index (χ2v) is 7.35. The third-order valence-corrected chi connectivity index (χ3v) is 5.99. The van der Waals surface area contributed by atoms with Crippen LogP contribution in [-0.4, -0.2) is 52.4 Å². The summed E-state index contributed by atoms with van der Waals surface area (Å²) in [7, 11) is 0. The van der Waals surface area contributed by atoms with E-state index >= 15 is 0 Å². The van der Waals surface area contributed by atoms with Gasteiger partial charge in [0.15, 0.2) is 5.16 Å². The number of morpholine rings is 1. The van der Waals surface area contributed by atoms with E-state index in [4.69, 9.17) is 9.72 Å². The first kappa shape index (κ1) is 15.2. The lowest BCUT2D eigenvalue weighted by Crippen LogP contribution is -2.42. The number of thioether (sulfide) groups is 1. The molecule has 0 bridgehead atoms. The van der Waals surface area contributed by atoms with E-state index in [-0.39, 0.29) is 17.5 Å². The maximum atomic E-state index is 12.8. The number of fused-ring (bicyclic) bond motifs is 2. The fourth-order valence-electron chi connectivity index (χ4n) is 3.61. The Hall–Kier alpha value is -1.34. The Morgan fingerprint density at radius 2 is 2.04 bits per heavy atom. The molecule has 1 amide bonds. The SMILES string of the molecule is O=C(C[C@H]1CSc2nc3c(c(=O)n21)CCCC3)N1CCOCC1. The van der Waals surface area contributed by atoms with E-state index < -0.39 is 0 Å². The van der Waals surface area contributed by atoms with Gasteiger partial charge < -0.3 is 9.64 Å². The minimum Gasteiger partial charge on any atom is -0.378 e. The second kappa shape index (κ2) is 6.28. The molecule has 6 nitrogen and oxygen atoms in total. The summed E-state index contributed by atoms with van der Waals surface area (Å²) in [5, 5.41) is 0.801. The molecule has 1 saturated heterocycles. The molecule has 0 saturated carbocycles. The van der Waals surface area contributed by atoms with Crippen LogP contribution in [0.3, 0.4) is 0 Å². The van der Waals surface area contributed by atoms with Gasteiger partial charge in [-0.3, -0.25) is 14.2 Å². The molecule has 0 radical (unpaired) electrons. The van der Waals surface area contributed by atoms with Gasteiger partial charge in [-0.15, -0.1) is 0 Å². The third kappa shape index (κ3) is 2.80. The molecule has 0 aromatic carbocycles. The highest BCUT2D eigenvalue weighted by Gasteiger charge is 2.31. The number of hydrogen-bond donors (Lipinski definition) is 0. The minimum absolute atomic E-state index is 0.0578. The summed E-state index contributed by atoms with van der Waals surface area (Å²) in [6.07, 6.45) is 4.31. The van der Waals surface area contributed by atoms with Crippen molar-refractivity contribution in [2.24, 2.45) is 0 Å². The number of amides is 1. The average molecular weight is 335 g/mol. The van der Waals surface area contributed by atoms with Gasteiger partial charge >= 0.3 is 0 Å². The maximum Gasteiger partial charge on any atom is 0.257 e. The van der Waals surface area contributed by atoms with Crippen LogP contribution in [0.1, 0.15) is 36.6 Å². The summed E-state index contributed by atoms with van der Waals surface area (Å²) in [6, 6.07) is -0.0578. The van der Waals surface area contributed by atoms with Gasteiger partial charge in [0, 0.05) is 30.8 Å². The number of ether oxygens (including phenoxy) is 1. The monoisotopic (exact) mass is 335 g/mol. The lowest BCUT2D eigenvalue weighted by atomic mass is 9.97. The van der Waals surface area contributed by atoms with Gasteiger partial charge in [0.05, 0.1) is 24.9 Å². The first-order valence-corrected chi connectivity index (χ1v) is 9.35. The number of hydrogen-bond acceptors (Lipinski definition) is 5. The second-order valence-electron chi connectivity index (χ2n) is 6.36. The third-order valence-electron chi connectivity index (χ3n) is 4.90. The molecule has 1 fully saturated rings. The van der Waals surface area contributed by atoms with Crippen LogP contribution in [0.25, 0.3) is 0 Å². The molecule has 3 aliphatic rings. The van der Waals surface area contributed by atoms with Crippen molar-refractivity contribution in [3.63, 3.8) is 0 Å². The topological polar surface area (TPSA) is 64.4 Å². The number of rotatable bonds is 2. The molecule has 1 aromatic heterocycles. The number of carbonyl (C=O) groups is 1. The molecule has 0 unspecified atom stereocenters. The van der Waals surface area contributed by atoms with Crippen molar-refractivity contribution in [1.82, 2.24) is 14.5 Å². The fourth-order valence-corrected chi connectivity index (χ4v) is 4.76. The van der Waals surface area contributed by atoms with Crippen LogP contribution in [-0.2, 0) is 22.4 Å². The van der Waals surface area contributed by atoms with Gasteiger partial charge in [-0.25, -0.2) is 4.98 Å². The van der Waals surface area contributed by atoms with Crippen LogP contribution in [0, 0.1) is 0 Å². The van der Waals surface area contributed by atoms with Crippen LogP contribution >= 0.6 is 11.8 Å². The predicted octanol–water partition coefficient (Wildman–Crippen LogP) is 1.02. The predicted molar refractivity (Wildman–Crippen MR) is 86.9 cm³/mol. The van der Waals surface area contributed by atoms with E-state index in [2.05, 4.69) is 0 Å². The normalized spacial score (nSPS) is 23.5. The summed E-state index contributed by atoms with van der Waals surface area (Å²) in [6.45, 7) is 2.53. The van der Waals surface area contributed by atoms with E-state index in [1.807, 2.05) is 4.90 Å². The zero-order chi connectivity index (χ0) is 15.8. The standard InChI is InChI=1S/C16H21N3O3S/c20-14(18-5-7-22-8-6-18)9-11-10-23-16-17-13-4-2-1-3-12(13)15(21)19(11)16/h11H,1-10H2/t11-/m0/s1. The van der Waals surface area contributed by atoms with Crippen LogP contribution in [0.5, 0.6) is 0 Å². The van der Waals surface area contributed by atoms with Crippen LogP contribution in [0.4, 0.5) is 0 Å². The van der Waals surface area contributed by atoms with Gasteiger partial charge in [-0.2, -0.15) is 0 Å². The molecule has 1 atom stereocenters. The van der Waals surface area contributed by atoms with Gasteiger partial charge in [0.25, 0.3) is 5.56 Å². The Bertz CT molecular complexity index is 682. The Kier molecular flexibility index (Phi) is 4.15. The smallest absolute Gasteiger partial charge is 0.257 e. The van der Waals surface area contributed by atoms with E-state index in [1.54, 1.807) is 16.3 Å². The molecule has 124 valence electrons. The highest BCUT2D eigenvalue weighted by atomic mass is 32.2. The van der Waals surface area contributed by atoms with E-state index in [0.717, 1.165) is 47.8 Å². The van der Waals surface area contributed by atoms with Crippen molar-refractivity contribution in [3.05, 3.63) is 21.6 Å². The number of nitrogens with zero attached hydrogens (tertiary/aromatic N) is 3. The lowest BCUT2D eigenvalue weighted by Gasteiger charge is -2.28. The molecule has 0 spiro atoms. The molecule has 2 aliphatic heterocycles. The summed E-state index contributed by atoms with van der Waals surface area (Å²) in [5.74, 6) is 0.887. The molecule has 0 N–H and O–H groups in total. The van der Waals surface area contributed by atoms with Crippen molar-refractivity contribution in [2.75, 3.05) is 32.1 Å². The summed E-state index contributed by atoms with van der Waals surface area (Å²) in [4.78, 5) is 31.9. The largest absolute Gasteiger partial charge is 0.378 e. The molecular weight excluding hydrogens is 314 g/mol. The Morgan fingerprint density at radius 1 is 1.26 bits per heavy atom. The summed E-state index contributed by atoms with van der Waals surface area (Å²) >= 11 is 1.61. The van der Waals surface area contributed by atoms with Crippen molar-refractivity contribution < 1.29 is 9.53 Å². The highest BCUT2D eigenvalue weighted by molar-refractivity contribution is 7.99. The van der Waals surface area contributed by atoms with Crippen LogP contribution in [0.15, 0.2) is 9.95 Å². The van der Waals surface area contributed by atoms with Crippen LogP contribution < -0.4 is 5.56 Å². The molecule has 1 aliphatic carbocycles. The van der Waals surface area contributed by atoms with E-state index in [9.17, 15) is 9.59 Å². The molecule has 7 heteroatoms. The van der Waals surface area contributed by atoms with Crippen molar-refractivity contribution in [3.8, 4) is 0 Å². The summed E-state index contributed by atoms with van der Waals surface area (Å²) in [5.41, 5.74) is 1.96. The fraction of sp³-hybridized carbons (Fsp3) is 0.688. The molecule has 23 heavy (non-hydrogen) atoms. The van der Waals surface area contributed by atoms with E-state index in [0.29, 0.717) is 32.7 Å². The molecule has 4 rings (SSSR count). The Balaban J connectivity index is 1.57. The van der Waals surface area contributed by atoms with Gasteiger partial charge in [0.1, 0.15) is 0 Å². The average Bonchev–Trinajstić information content (AvgIpc) is 2.99. The van der Waals surface area contributed by atoms with E-state index in [1.165, 1.54) is 0 Å². The first-order valence-electron chi connectivity index (χ1n) is 8.36. The zero-order valence-corrected chi connectivity index (χ0v) is 13.9. The van der Waals surface area contributed by atoms with Crippen LogP contribution in [0.2, 0.25) is 0 Å². The quantitative estimate of drug-likeness (QED) is 0.755. The van der Waals surface area contributed by atoms with Gasteiger partial charge in [0.2, 0.25) is 5.91 Å². The molecular formula is C16H21N3O3S. The maximum absolute atomic E-state index is 12.8. The minimum atomic E-state index is -0.0578. The molecule has 3 heterocycles. The Labute approximate surface area is 139 Å². The Morgan fingerprint density at radius 3 is 2.87 bits per heavy atom. The van der Waals surface area contributed by atoms with Crippen molar-refractivity contribution in [1.29, 1.82) is 0 Å². The highest BCUT2D eigenvalue weighted by Crippen LogP contribution is 2.34. The zero-order valence-electron chi connectivity index (χ0n) is 13.1. The van der Waals surface area contributed by atoms with Gasteiger partial charge in [-0.1, -0.05) is 11.8 Å². The summed E-state index contributed by atoms with van der Waals surface area (Å²) < 4.78 is 7.08. The van der Waals surface area contributed by atoms with Crippen molar-refractivity contribution >= 4 is 17.7 Å². The van der Waals surface area contributed by atoms with Crippen molar-refractivity contribution in [2.45, 2.75) is 43.3 Å².